The molecule has 0 bridgehead atoms. The number of hydrogen-bond acceptors (Lipinski definition) is 6. The number of hydrogen-bond donors (Lipinski definition) is 0. The molecule has 1 unspecified atom stereocenters. The Balaban J connectivity index is 1.75. The summed E-state index contributed by atoms with van der Waals surface area (Å²) < 4.78 is 9.38. The van der Waals surface area contributed by atoms with Gasteiger partial charge in [0.2, 0.25) is 5.91 Å². The number of ether oxygens (including phenoxy) is 1. The quantitative estimate of drug-likeness (QED) is 0.481. The minimum Gasteiger partial charge on any atom is -0.383 e. The molecule has 0 saturated carbocycles. The molecule has 0 radical (unpaired) electrons. The Hall–Kier alpha value is -3.24. The van der Waals surface area contributed by atoms with E-state index in [-0.39, 0.29) is 25.0 Å². The van der Waals surface area contributed by atoms with Crippen LogP contribution in [0, 0.1) is 0 Å². The summed E-state index contributed by atoms with van der Waals surface area (Å²) in [6.07, 6.45) is 3.46. The van der Waals surface area contributed by atoms with E-state index in [2.05, 4.69) is 9.88 Å². The topological polar surface area (TPSA) is 94.6 Å². The number of likely N-dealkylation sites (tertiary alicyclic amines) is 1. The predicted octanol–water partition coefficient (Wildman–Crippen LogP) is 0.607. The summed E-state index contributed by atoms with van der Waals surface area (Å²) >= 11 is 0. The Morgan fingerprint density at radius 3 is 2.65 bits per heavy atom. The summed E-state index contributed by atoms with van der Waals surface area (Å²) in [5, 5.41) is 0. The number of amides is 1. The van der Waals surface area contributed by atoms with Gasteiger partial charge >= 0.3 is 5.69 Å². The lowest BCUT2D eigenvalue weighted by Crippen LogP contribution is -2.50. The van der Waals surface area contributed by atoms with Gasteiger partial charge in [0, 0.05) is 32.8 Å². The molecule has 0 spiro atoms. The molecule has 3 heterocycles. The number of methoxy groups -OCH3 is 1. The maximum absolute atomic E-state index is 13.5. The molecular formula is C24H32N6O4. The predicted molar refractivity (Wildman–Crippen MR) is 129 cm³/mol. The Kier molecular flexibility index (Phi) is 7.28. The highest BCUT2D eigenvalue weighted by Crippen LogP contribution is 2.14. The highest BCUT2D eigenvalue weighted by atomic mass is 16.5. The van der Waals surface area contributed by atoms with Crippen molar-refractivity contribution < 1.29 is 9.53 Å². The van der Waals surface area contributed by atoms with Crippen molar-refractivity contribution in [2.24, 2.45) is 0 Å². The van der Waals surface area contributed by atoms with E-state index in [1.54, 1.807) is 22.9 Å². The third-order valence-corrected chi connectivity index (χ3v) is 6.48. The minimum atomic E-state index is -0.534. The molecule has 0 N–H and O–H groups in total. The third kappa shape index (κ3) is 4.83. The van der Waals surface area contributed by atoms with Gasteiger partial charge in [0.25, 0.3) is 5.56 Å². The van der Waals surface area contributed by atoms with Crippen LogP contribution in [-0.4, -0.2) is 81.3 Å². The summed E-state index contributed by atoms with van der Waals surface area (Å²) in [4.78, 5) is 48.4. The van der Waals surface area contributed by atoms with Gasteiger partial charge in [-0.1, -0.05) is 30.3 Å². The molecule has 1 saturated heterocycles. The fourth-order valence-electron chi connectivity index (χ4n) is 4.48. The number of imidazole rings is 1. The summed E-state index contributed by atoms with van der Waals surface area (Å²) in [5.41, 5.74) is 0.466. The van der Waals surface area contributed by atoms with Crippen LogP contribution in [0.2, 0.25) is 0 Å². The third-order valence-electron chi connectivity index (χ3n) is 6.48. The first-order valence-corrected chi connectivity index (χ1v) is 11.6. The van der Waals surface area contributed by atoms with Crippen molar-refractivity contribution in [2.45, 2.75) is 38.5 Å². The molecule has 2 aromatic heterocycles. The molecule has 10 heteroatoms. The van der Waals surface area contributed by atoms with Crippen LogP contribution in [-0.2, 0) is 29.2 Å². The number of aromatic nitrogens is 4. The molecule has 1 amide bonds. The number of nitrogens with zero attached hydrogens (tertiary/aromatic N) is 6. The Labute approximate surface area is 198 Å². The van der Waals surface area contributed by atoms with Crippen molar-refractivity contribution in [1.82, 2.24) is 28.5 Å². The standard InChI is InChI=1S/C24H32N6O4/c1-26(2)19-10-7-11-27(15-19)20(31)16-30-23(32)21-22(25-17-28(21)12-13-34-3)29(24(30)33)14-18-8-5-4-6-9-18/h4-6,8-9,17,19H,7,10-16H2,1-3H3. The fourth-order valence-corrected chi connectivity index (χ4v) is 4.48. The molecule has 1 fully saturated rings. The van der Waals surface area contributed by atoms with Gasteiger partial charge in [-0.25, -0.2) is 14.3 Å². The van der Waals surface area contributed by atoms with E-state index in [1.165, 1.54) is 4.57 Å². The van der Waals surface area contributed by atoms with E-state index in [4.69, 9.17) is 4.74 Å². The van der Waals surface area contributed by atoms with Crippen LogP contribution in [0.5, 0.6) is 0 Å². The highest BCUT2D eigenvalue weighted by Gasteiger charge is 2.27. The summed E-state index contributed by atoms with van der Waals surface area (Å²) in [5.74, 6) is -0.223. The second-order valence-corrected chi connectivity index (χ2v) is 8.95. The zero-order valence-electron chi connectivity index (χ0n) is 20.0. The van der Waals surface area contributed by atoms with Crippen molar-refractivity contribution in [1.29, 1.82) is 0 Å². The van der Waals surface area contributed by atoms with Gasteiger partial charge < -0.3 is 19.1 Å². The van der Waals surface area contributed by atoms with Crippen molar-refractivity contribution in [3.05, 3.63) is 63.1 Å². The fraction of sp³-hybridized carbons (Fsp3) is 0.500. The van der Waals surface area contributed by atoms with Crippen LogP contribution in [0.25, 0.3) is 11.2 Å². The maximum atomic E-state index is 13.5. The van der Waals surface area contributed by atoms with Crippen LogP contribution in [0.15, 0.2) is 46.2 Å². The number of rotatable bonds is 8. The van der Waals surface area contributed by atoms with Gasteiger partial charge in [-0.15, -0.1) is 0 Å². The van der Waals surface area contributed by atoms with Crippen molar-refractivity contribution in [3.63, 3.8) is 0 Å². The first kappa shape index (κ1) is 23.9. The number of carbonyl (C=O) groups is 1. The first-order valence-electron chi connectivity index (χ1n) is 11.6. The summed E-state index contributed by atoms with van der Waals surface area (Å²) in [7, 11) is 5.59. The monoisotopic (exact) mass is 468 g/mol. The molecule has 1 aromatic carbocycles. The van der Waals surface area contributed by atoms with Crippen LogP contribution in [0.1, 0.15) is 18.4 Å². The Morgan fingerprint density at radius 1 is 1.18 bits per heavy atom. The lowest BCUT2D eigenvalue weighted by molar-refractivity contribution is -0.133. The van der Waals surface area contributed by atoms with Crippen LogP contribution in [0.3, 0.4) is 0 Å². The lowest BCUT2D eigenvalue weighted by atomic mass is 10.0. The smallest absolute Gasteiger partial charge is 0.333 e. The van der Waals surface area contributed by atoms with E-state index in [0.717, 1.165) is 23.0 Å². The summed E-state index contributed by atoms with van der Waals surface area (Å²) in [6.45, 7) is 1.98. The second kappa shape index (κ2) is 10.4. The zero-order valence-corrected chi connectivity index (χ0v) is 20.0. The molecule has 34 heavy (non-hydrogen) atoms. The number of piperidine rings is 1. The Bertz CT molecular complexity index is 1260. The molecule has 0 aliphatic carbocycles. The second-order valence-electron chi connectivity index (χ2n) is 8.95. The zero-order chi connectivity index (χ0) is 24.2. The van der Waals surface area contributed by atoms with Crippen molar-refractivity contribution in [2.75, 3.05) is 40.9 Å². The van der Waals surface area contributed by atoms with E-state index in [0.29, 0.717) is 37.4 Å². The Morgan fingerprint density at radius 2 is 1.94 bits per heavy atom. The van der Waals surface area contributed by atoms with Gasteiger partial charge in [0.15, 0.2) is 11.2 Å². The molecule has 4 rings (SSSR count). The number of fused-ring (bicyclic) bond motifs is 1. The average molecular weight is 469 g/mol. The average Bonchev–Trinajstić information content (AvgIpc) is 3.27. The molecule has 10 nitrogen and oxygen atoms in total. The van der Waals surface area contributed by atoms with Crippen molar-refractivity contribution >= 4 is 17.1 Å². The van der Waals surface area contributed by atoms with Gasteiger partial charge in [0.05, 0.1) is 19.5 Å². The van der Waals surface area contributed by atoms with Crippen molar-refractivity contribution in [3.8, 4) is 0 Å². The lowest BCUT2D eigenvalue weighted by Gasteiger charge is -2.36. The van der Waals surface area contributed by atoms with Crippen LogP contribution in [0.4, 0.5) is 0 Å². The molecule has 3 aromatic rings. The SMILES string of the molecule is COCCn1cnc2c1c(=O)n(CC(=O)N1CCCC(N(C)C)C1)c(=O)n2Cc1ccccc1. The van der Waals surface area contributed by atoms with Crippen LogP contribution >= 0.6 is 0 Å². The largest absolute Gasteiger partial charge is 0.383 e. The molecular weight excluding hydrogens is 436 g/mol. The van der Waals surface area contributed by atoms with Gasteiger partial charge in [0.1, 0.15) is 6.54 Å². The highest BCUT2D eigenvalue weighted by molar-refractivity contribution is 5.77. The molecule has 1 aliphatic heterocycles. The molecule has 182 valence electrons. The molecule has 1 aliphatic rings. The van der Waals surface area contributed by atoms with Gasteiger partial charge in [-0.05, 0) is 32.5 Å². The summed E-state index contributed by atoms with van der Waals surface area (Å²) in [6, 6.07) is 9.78. The normalized spacial score (nSPS) is 16.5. The van der Waals surface area contributed by atoms with Crippen LogP contribution < -0.4 is 11.2 Å². The number of likely N-dealkylation sites (N-methyl/N-ethyl adjacent to an activating group) is 1. The van der Waals surface area contributed by atoms with E-state index in [9.17, 15) is 14.4 Å². The van der Waals surface area contributed by atoms with Gasteiger partial charge in [-0.2, -0.15) is 0 Å². The molecule has 1 atom stereocenters. The van der Waals surface area contributed by atoms with E-state index >= 15 is 0 Å². The number of benzene rings is 1. The van der Waals surface area contributed by atoms with Gasteiger partial charge in [-0.3, -0.25) is 14.2 Å². The minimum absolute atomic E-state index is 0.223. The van der Waals surface area contributed by atoms with E-state index < -0.39 is 11.2 Å². The first-order chi connectivity index (χ1) is 16.4. The number of carbonyl (C=O) groups excluding carboxylic acids is 1. The van der Waals surface area contributed by atoms with E-state index in [1.807, 2.05) is 44.4 Å². The maximum Gasteiger partial charge on any atom is 0.333 e.